The lowest BCUT2D eigenvalue weighted by molar-refractivity contribution is -0.122. The molecule has 5 heteroatoms. The number of halogens is 1. The highest BCUT2D eigenvalue weighted by molar-refractivity contribution is 6.29. The maximum Gasteiger partial charge on any atom is 0.224 e. The van der Waals surface area contributed by atoms with E-state index in [1.54, 1.807) is 6.07 Å². The molecule has 2 rings (SSSR count). The van der Waals surface area contributed by atoms with Crippen LogP contribution < -0.4 is 5.32 Å². The molecule has 1 fully saturated rings. The Balaban J connectivity index is 1.87. The summed E-state index contributed by atoms with van der Waals surface area (Å²) in [6.45, 7) is 2.17. The van der Waals surface area contributed by atoms with E-state index in [2.05, 4.69) is 10.3 Å². The second kappa shape index (κ2) is 5.24. The number of aryl methyl sites for hydroxylation is 1. The van der Waals surface area contributed by atoms with Gasteiger partial charge in [-0.2, -0.15) is 0 Å². The predicted molar refractivity (Wildman–Crippen MR) is 69.5 cm³/mol. The van der Waals surface area contributed by atoms with Gasteiger partial charge in [0.15, 0.2) is 0 Å². The summed E-state index contributed by atoms with van der Waals surface area (Å²) in [5.41, 5.74) is 0.945. The molecule has 98 valence electrons. The van der Waals surface area contributed by atoms with E-state index in [1.165, 1.54) is 0 Å². The van der Waals surface area contributed by atoms with Gasteiger partial charge in [-0.25, -0.2) is 4.98 Å². The van der Waals surface area contributed by atoms with Crippen molar-refractivity contribution in [1.82, 2.24) is 10.3 Å². The van der Waals surface area contributed by atoms with Gasteiger partial charge in [0, 0.05) is 12.2 Å². The fourth-order valence-electron chi connectivity index (χ4n) is 2.01. The second-order valence-corrected chi connectivity index (χ2v) is 5.30. The van der Waals surface area contributed by atoms with Crippen molar-refractivity contribution in [2.24, 2.45) is 0 Å². The summed E-state index contributed by atoms with van der Waals surface area (Å²) in [6, 6.07) is 3.49. The molecule has 0 unspecified atom stereocenters. The van der Waals surface area contributed by atoms with Gasteiger partial charge in [0.25, 0.3) is 0 Å². The third-order valence-corrected chi connectivity index (χ3v) is 3.62. The monoisotopic (exact) mass is 268 g/mol. The van der Waals surface area contributed by atoms with Crippen LogP contribution in [-0.2, 0) is 11.2 Å². The second-order valence-electron chi connectivity index (χ2n) is 4.91. The molecular formula is C13H17ClN2O2. The summed E-state index contributed by atoms with van der Waals surface area (Å²) in [5, 5.41) is 13.1. The Hall–Kier alpha value is -1.13. The lowest BCUT2D eigenvalue weighted by atomic mass is 9.80. The molecule has 2 N–H and O–H groups in total. The molecule has 0 spiro atoms. The molecule has 18 heavy (non-hydrogen) atoms. The molecule has 1 amide bonds. The van der Waals surface area contributed by atoms with Crippen LogP contribution in [0, 0.1) is 6.92 Å². The van der Waals surface area contributed by atoms with Gasteiger partial charge in [0.05, 0.1) is 12.0 Å². The van der Waals surface area contributed by atoms with Crippen molar-refractivity contribution in [3.8, 4) is 0 Å². The number of aromatic nitrogens is 1. The standard InChI is InChI=1S/C13H17ClN2O2/c1-9-10(3-4-11(14)16-9)7-12(17)15-8-13(18)5-2-6-13/h3-4,18H,2,5-8H2,1H3,(H,15,17). The summed E-state index contributed by atoms with van der Waals surface area (Å²) >= 11 is 5.76. The van der Waals surface area contributed by atoms with Crippen molar-refractivity contribution >= 4 is 17.5 Å². The van der Waals surface area contributed by atoms with E-state index in [4.69, 9.17) is 11.6 Å². The Morgan fingerprint density at radius 3 is 2.83 bits per heavy atom. The average molecular weight is 269 g/mol. The first kappa shape index (κ1) is 13.3. The molecule has 0 aromatic carbocycles. The molecule has 1 saturated carbocycles. The largest absolute Gasteiger partial charge is 0.388 e. The minimum Gasteiger partial charge on any atom is -0.388 e. The van der Waals surface area contributed by atoms with E-state index in [9.17, 15) is 9.90 Å². The first-order valence-corrected chi connectivity index (χ1v) is 6.47. The van der Waals surface area contributed by atoms with Crippen LogP contribution in [0.5, 0.6) is 0 Å². The van der Waals surface area contributed by atoms with Crippen LogP contribution in [-0.4, -0.2) is 28.1 Å². The minimum absolute atomic E-state index is 0.0949. The topological polar surface area (TPSA) is 62.2 Å². The lowest BCUT2D eigenvalue weighted by Gasteiger charge is -2.36. The van der Waals surface area contributed by atoms with Crippen molar-refractivity contribution in [3.63, 3.8) is 0 Å². The number of hydrogen-bond donors (Lipinski definition) is 2. The summed E-state index contributed by atoms with van der Waals surface area (Å²) in [7, 11) is 0. The van der Waals surface area contributed by atoms with Gasteiger partial charge in [-0.05, 0) is 37.8 Å². The fraction of sp³-hybridized carbons (Fsp3) is 0.538. The number of rotatable bonds is 4. The van der Waals surface area contributed by atoms with Gasteiger partial charge in [-0.3, -0.25) is 4.79 Å². The molecular weight excluding hydrogens is 252 g/mol. The maximum absolute atomic E-state index is 11.8. The molecule has 1 aliphatic rings. The Kier molecular flexibility index (Phi) is 3.88. The van der Waals surface area contributed by atoms with Crippen molar-refractivity contribution in [2.45, 2.75) is 38.2 Å². The number of hydrogen-bond acceptors (Lipinski definition) is 3. The Morgan fingerprint density at radius 1 is 1.56 bits per heavy atom. The summed E-state index contributed by atoms with van der Waals surface area (Å²) in [6.07, 6.45) is 2.85. The molecule has 0 atom stereocenters. The van der Waals surface area contributed by atoms with Crippen LogP contribution in [0.3, 0.4) is 0 Å². The number of amides is 1. The van der Waals surface area contributed by atoms with Gasteiger partial charge < -0.3 is 10.4 Å². The van der Waals surface area contributed by atoms with E-state index in [-0.39, 0.29) is 12.3 Å². The zero-order valence-corrected chi connectivity index (χ0v) is 11.1. The third-order valence-electron chi connectivity index (χ3n) is 3.41. The quantitative estimate of drug-likeness (QED) is 0.816. The van der Waals surface area contributed by atoms with Crippen LogP contribution in [0.15, 0.2) is 12.1 Å². The molecule has 0 bridgehead atoms. The van der Waals surface area contributed by atoms with Crippen LogP contribution in [0.2, 0.25) is 5.15 Å². The number of pyridine rings is 1. The Bertz CT molecular complexity index is 458. The fourth-order valence-corrected chi connectivity index (χ4v) is 2.20. The third kappa shape index (κ3) is 3.21. The van der Waals surface area contributed by atoms with E-state index in [1.807, 2.05) is 13.0 Å². The van der Waals surface area contributed by atoms with E-state index >= 15 is 0 Å². The number of carbonyl (C=O) groups is 1. The summed E-state index contributed by atoms with van der Waals surface area (Å²) in [5.74, 6) is -0.0949. The number of nitrogens with one attached hydrogen (secondary N) is 1. The zero-order chi connectivity index (χ0) is 13.2. The molecule has 0 saturated heterocycles. The van der Waals surface area contributed by atoms with Crippen LogP contribution in [0.1, 0.15) is 30.5 Å². The first-order chi connectivity index (χ1) is 8.48. The highest BCUT2D eigenvalue weighted by Gasteiger charge is 2.34. The molecule has 1 aromatic rings. The molecule has 1 heterocycles. The van der Waals surface area contributed by atoms with Gasteiger partial charge in [0.2, 0.25) is 5.91 Å². The van der Waals surface area contributed by atoms with Crippen molar-refractivity contribution in [1.29, 1.82) is 0 Å². The van der Waals surface area contributed by atoms with Gasteiger partial charge >= 0.3 is 0 Å². The normalized spacial score (nSPS) is 17.1. The summed E-state index contributed by atoms with van der Waals surface area (Å²) < 4.78 is 0. The molecule has 1 aliphatic carbocycles. The van der Waals surface area contributed by atoms with Gasteiger partial charge in [-0.15, -0.1) is 0 Å². The number of aliphatic hydroxyl groups is 1. The van der Waals surface area contributed by atoms with E-state index in [0.29, 0.717) is 11.7 Å². The van der Waals surface area contributed by atoms with Crippen molar-refractivity contribution in [2.75, 3.05) is 6.54 Å². The Labute approximate surface area is 111 Å². The van der Waals surface area contributed by atoms with Gasteiger partial charge in [-0.1, -0.05) is 17.7 Å². The number of nitrogens with zero attached hydrogens (tertiary/aromatic N) is 1. The highest BCUT2D eigenvalue weighted by atomic mass is 35.5. The van der Waals surface area contributed by atoms with E-state index in [0.717, 1.165) is 30.5 Å². The maximum atomic E-state index is 11.8. The molecule has 0 radical (unpaired) electrons. The summed E-state index contributed by atoms with van der Waals surface area (Å²) in [4.78, 5) is 15.9. The average Bonchev–Trinajstić information content (AvgIpc) is 2.28. The van der Waals surface area contributed by atoms with Crippen molar-refractivity contribution in [3.05, 3.63) is 28.5 Å². The molecule has 1 aromatic heterocycles. The SMILES string of the molecule is Cc1nc(Cl)ccc1CC(=O)NCC1(O)CCC1. The van der Waals surface area contributed by atoms with Crippen LogP contribution >= 0.6 is 11.6 Å². The predicted octanol–water partition coefficient (Wildman–Crippen LogP) is 1.62. The smallest absolute Gasteiger partial charge is 0.224 e. The molecule has 4 nitrogen and oxygen atoms in total. The van der Waals surface area contributed by atoms with E-state index < -0.39 is 5.60 Å². The zero-order valence-electron chi connectivity index (χ0n) is 10.4. The van der Waals surface area contributed by atoms with Crippen LogP contribution in [0.4, 0.5) is 0 Å². The Morgan fingerprint density at radius 2 is 2.28 bits per heavy atom. The first-order valence-electron chi connectivity index (χ1n) is 6.10. The molecule has 0 aliphatic heterocycles. The minimum atomic E-state index is -0.678. The lowest BCUT2D eigenvalue weighted by Crippen LogP contribution is -2.48. The van der Waals surface area contributed by atoms with Gasteiger partial charge in [0.1, 0.15) is 5.15 Å². The number of carbonyl (C=O) groups excluding carboxylic acids is 1. The highest BCUT2D eigenvalue weighted by Crippen LogP contribution is 2.30. The van der Waals surface area contributed by atoms with Crippen LogP contribution in [0.25, 0.3) is 0 Å². The van der Waals surface area contributed by atoms with Crippen molar-refractivity contribution < 1.29 is 9.90 Å².